The molecule has 18 heteroatoms. The van der Waals surface area contributed by atoms with Gasteiger partial charge in [0.1, 0.15) is 41.9 Å². The van der Waals surface area contributed by atoms with Gasteiger partial charge in [-0.25, -0.2) is 18.7 Å². The van der Waals surface area contributed by atoms with Crippen molar-refractivity contribution in [1.82, 2.24) is 25.1 Å². The smallest absolute Gasteiger partial charge is 0.264 e. The number of imide groups is 2. The number of halogens is 2. The lowest BCUT2D eigenvalue weighted by molar-refractivity contribution is -0.136. The number of piperazine rings is 1. The number of aryl methyl sites for hydroxylation is 1. The number of ether oxygens (including phenoxy) is 4. The Morgan fingerprint density at radius 3 is 2.28 bits per heavy atom. The van der Waals surface area contributed by atoms with Crippen LogP contribution in [0.2, 0.25) is 0 Å². The number of hydrogen-bond donors (Lipinski definition) is 2. The van der Waals surface area contributed by atoms with Crippen molar-refractivity contribution in [2.45, 2.75) is 39.2 Å². The van der Waals surface area contributed by atoms with E-state index in [1.54, 1.807) is 31.2 Å². The third kappa shape index (κ3) is 9.30. The topological polar surface area (TPSA) is 182 Å². The Hall–Kier alpha value is -6.11. The van der Waals surface area contributed by atoms with Crippen molar-refractivity contribution in [1.29, 1.82) is 0 Å². The van der Waals surface area contributed by atoms with E-state index in [0.717, 1.165) is 4.90 Å². The van der Waals surface area contributed by atoms with E-state index >= 15 is 8.78 Å². The number of nitrogens with zero attached hydrogens (tertiary/aromatic N) is 5. The Bertz CT molecular complexity index is 2320. The number of hydrogen-bond acceptors (Lipinski definition) is 13. The fourth-order valence-corrected chi connectivity index (χ4v) is 7.76. The first-order chi connectivity index (χ1) is 29.6. The minimum atomic E-state index is -1.04. The van der Waals surface area contributed by atoms with Crippen LogP contribution in [-0.4, -0.2) is 134 Å². The Labute approximate surface area is 350 Å². The molecule has 322 valence electrons. The standard InChI is InChI=1S/C43H47F2N7O9/c1-3-34(54)50-13-15-51(16-14-50)40-28-24-26(2)35(38(45)39(28)47-25-48-40)37-29(44)7-5-9-32(37)61-23-22-60-21-20-59-19-18-58-17-12-46-30-8-4-6-27-36(30)43(57)52(42(27)56)31-10-11-33(53)49-41(31)55/h4-9,24-25,31,46H,3,10-23H2,1-2H3,(H,49,53,55). The maximum absolute atomic E-state index is 16.4. The van der Waals surface area contributed by atoms with Crippen LogP contribution in [-0.2, 0) is 28.6 Å². The molecule has 16 nitrogen and oxygen atoms in total. The first kappa shape index (κ1) is 43.0. The fourth-order valence-electron chi connectivity index (χ4n) is 7.76. The number of benzene rings is 3. The summed E-state index contributed by atoms with van der Waals surface area (Å²) in [7, 11) is 0. The molecule has 2 N–H and O–H groups in total. The lowest BCUT2D eigenvalue weighted by atomic mass is 9.96. The van der Waals surface area contributed by atoms with Gasteiger partial charge in [0.15, 0.2) is 5.82 Å². The second-order valence-corrected chi connectivity index (χ2v) is 14.6. The van der Waals surface area contributed by atoms with Crippen molar-refractivity contribution in [3.63, 3.8) is 0 Å². The van der Waals surface area contributed by atoms with E-state index in [0.29, 0.717) is 68.2 Å². The van der Waals surface area contributed by atoms with Gasteiger partial charge in [-0.15, -0.1) is 0 Å². The lowest BCUT2D eigenvalue weighted by Crippen LogP contribution is -2.54. The molecule has 5 amide bonds. The van der Waals surface area contributed by atoms with Crippen LogP contribution < -0.4 is 20.3 Å². The van der Waals surface area contributed by atoms with Gasteiger partial charge < -0.3 is 34.1 Å². The highest BCUT2D eigenvalue weighted by Gasteiger charge is 2.45. The molecule has 2 saturated heterocycles. The van der Waals surface area contributed by atoms with Crippen molar-refractivity contribution < 1.29 is 51.7 Å². The average Bonchev–Trinajstić information content (AvgIpc) is 3.51. The molecule has 3 aliphatic heterocycles. The summed E-state index contributed by atoms with van der Waals surface area (Å²) < 4.78 is 54.6. The van der Waals surface area contributed by atoms with E-state index in [4.69, 9.17) is 18.9 Å². The molecule has 7 rings (SSSR count). The number of carbonyl (C=O) groups is 5. The molecule has 0 saturated carbocycles. The molecule has 0 radical (unpaired) electrons. The van der Waals surface area contributed by atoms with Crippen LogP contribution in [0.3, 0.4) is 0 Å². The van der Waals surface area contributed by atoms with E-state index in [-0.39, 0.29) is 91.9 Å². The highest BCUT2D eigenvalue weighted by Crippen LogP contribution is 2.40. The second-order valence-electron chi connectivity index (χ2n) is 14.6. The Morgan fingerprint density at radius 2 is 1.56 bits per heavy atom. The van der Waals surface area contributed by atoms with Crippen LogP contribution >= 0.6 is 0 Å². The molecule has 1 aromatic heterocycles. The van der Waals surface area contributed by atoms with Gasteiger partial charge in [0.05, 0.1) is 56.3 Å². The summed E-state index contributed by atoms with van der Waals surface area (Å²) >= 11 is 0. The summed E-state index contributed by atoms with van der Waals surface area (Å²) in [5.41, 5.74) is 1.38. The number of anilines is 2. The first-order valence-corrected chi connectivity index (χ1v) is 20.3. The zero-order chi connectivity index (χ0) is 43.0. The average molecular weight is 844 g/mol. The van der Waals surface area contributed by atoms with Crippen molar-refractivity contribution in [3.05, 3.63) is 77.1 Å². The highest BCUT2D eigenvalue weighted by molar-refractivity contribution is 6.25. The van der Waals surface area contributed by atoms with Gasteiger partial charge in [0.2, 0.25) is 17.7 Å². The molecule has 2 fully saturated rings. The van der Waals surface area contributed by atoms with E-state index in [1.807, 2.05) is 16.7 Å². The predicted molar refractivity (Wildman–Crippen MR) is 218 cm³/mol. The number of aromatic nitrogens is 2. The van der Waals surface area contributed by atoms with Crippen molar-refractivity contribution >= 4 is 51.9 Å². The zero-order valence-electron chi connectivity index (χ0n) is 34.0. The van der Waals surface area contributed by atoms with Gasteiger partial charge in [-0.2, -0.15) is 0 Å². The molecule has 61 heavy (non-hydrogen) atoms. The van der Waals surface area contributed by atoms with Crippen LogP contribution in [0.5, 0.6) is 5.75 Å². The number of piperidine rings is 1. The highest BCUT2D eigenvalue weighted by atomic mass is 19.1. The Balaban J connectivity index is 0.825. The van der Waals surface area contributed by atoms with Gasteiger partial charge in [-0.05, 0) is 49.2 Å². The van der Waals surface area contributed by atoms with Gasteiger partial charge in [-0.1, -0.05) is 19.1 Å². The summed E-state index contributed by atoms with van der Waals surface area (Å²) in [5.74, 6) is -2.80. The Kier molecular flexibility index (Phi) is 13.8. The molecule has 0 aliphatic carbocycles. The number of amides is 5. The molecule has 1 atom stereocenters. The number of nitrogens with one attached hydrogen (secondary N) is 2. The minimum absolute atomic E-state index is 0.0162. The molecule has 0 bridgehead atoms. The van der Waals surface area contributed by atoms with Crippen LogP contribution in [0.1, 0.15) is 52.5 Å². The molecular weight excluding hydrogens is 797 g/mol. The molecule has 0 spiro atoms. The lowest BCUT2D eigenvalue weighted by Gasteiger charge is -2.35. The summed E-state index contributed by atoms with van der Waals surface area (Å²) in [4.78, 5) is 75.8. The maximum atomic E-state index is 16.4. The molecule has 1 unspecified atom stereocenters. The second kappa shape index (κ2) is 19.5. The zero-order valence-corrected chi connectivity index (χ0v) is 34.0. The third-order valence-corrected chi connectivity index (χ3v) is 10.8. The fraction of sp³-hybridized carbons (Fsp3) is 0.419. The maximum Gasteiger partial charge on any atom is 0.264 e. The SMILES string of the molecule is CCC(=O)N1CCN(c2ncnc3c(F)c(-c4c(F)cccc4OCCOCCOCCOCCNc4cccc5c4C(=O)N(C4CCC(=O)NC4=O)C5=O)c(C)cc23)CC1. The molecule has 4 heterocycles. The van der Waals surface area contributed by atoms with Gasteiger partial charge in [-0.3, -0.25) is 34.2 Å². The van der Waals surface area contributed by atoms with Crippen LogP contribution in [0.25, 0.3) is 22.0 Å². The van der Waals surface area contributed by atoms with E-state index in [1.165, 1.54) is 24.5 Å². The van der Waals surface area contributed by atoms with E-state index < -0.39 is 41.3 Å². The van der Waals surface area contributed by atoms with Gasteiger partial charge in [0.25, 0.3) is 11.8 Å². The monoisotopic (exact) mass is 843 g/mol. The first-order valence-electron chi connectivity index (χ1n) is 20.3. The summed E-state index contributed by atoms with van der Waals surface area (Å²) in [5, 5.41) is 5.81. The largest absolute Gasteiger partial charge is 0.490 e. The van der Waals surface area contributed by atoms with Crippen LogP contribution in [0.15, 0.2) is 48.8 Å². The number of carbonyl (C=O) groups excluding carboxylic acids is 5. The van der Waals surface area contributed by atoms with Gasteiger partial charge >= 0.3 is 0 Å². The van der Waals surface area contributed by atoms with Crippen molar-refractivity contribution in [3.8, 4) is 16.9 Å². The normalized spacial score (nSPS) is 16.7. The molecule has 4 aromatic rings. The number of rotatable bonds is 18. The van der Waals surface area contributed by atoms with Gasteiger partial charge in [0, 0.05) is 62.2 Å². The van der Waals surface area contributed by atoms with Crippen molar-refractivity contribution in [2.24, 2.45) is 0 Å². The molecular formula is C43H47F2N7O9. The summed E-state index contributed by atoms with van der Waals surface area (Å²) in [6.07, 6.45) is 1.85. The molecule has 3 aliphatic rings. The van der Waals surface area contributed by atoms with E-state index in [9.17, 15) is 24.0 Å². The molecule has 3 aromatic carbocycles. The quantitative estimate of drug-likeness (QED) is 0.109. The van der Waals surface area contributed by atoms with Crippen molar-refractivity contribution in [2.75, 3.05) is 89.2 Å². The third-order valence-electron chi connectivity index (χ3n) is 10.8. The minimum Gasteiger partial charge on any atom is -0.490 e. The predicted octanol–water partition coefficient (Wildman–Crippen LogP) is 3.88. The summed E-state index contributed by atoms with van der Waals surface area (Å²) in [6, 6.07) is 9.89. The Morgan fingerprint density at radius 1 is 0.852 bits per heavy atom. The summed E-state index contributed by atoms with van der Waals surface area (Å²) in [6.45, 7) is 7.65. The van der Waals surface area contributed by atoms with Crippen LogP contribution in [0, 0.1) is 18.6 Å². The van der Waals surface area contributed by atoms with E-state index in [2.05, 4.69) is 20.6 Å². The number of fused-ring (bicyclic) bond motifs is 2. The van der Waals surface area contributed by atoms with Crippen LogP contribution in [0.4, 0.5) is 20.3 Å².